The molecule has 0 unspecified atom stereocenters. The highest BCUT2D eigenvalue weighted by Crippen LogP contribution is 2.36. The maximum atomic E-state index is 5.90. The van der Waals surface area contributed by atoms with E-state index < -0.39 is 0 Å². The molecule has 3 rings (SSSR count). The van der Waals surface area contributed by atoms with Crippen LogP contribution in [0.1, 0.15) is 11.1 Å². The van der Waals surface area contributed by atoms with E-state index in [1.807, 2.05) is 36.4 Å². The van der Waals surface area contributed by atoms with Gasteiger partial charge in [-0.3, -0.25) is 0 Å². The molecule has 3 aromatic rings. The van der Waals surface area contributed by atoms with Crippen LogP contribution in [-0.4, -0.2) is 33.6 Å². The summed E-state index contributed by atoms with van der Waals surface area (Å²) in [6.07, 6.45) is 1.57. The highest BCUT2D eigenvalue weighted by atomic mass is 79.9. The molecule has 0 aliphatic carbocycles. The molecule has 1 heterocycles. The lowest BCUT2D eigenvalue weighted by atomic mass is 10.2. The predicted molar refractivity (Wildman–Crippen MR) is 96.7 cm³/mol. The van der Waals surface area contributed by atoms with Crippen molar-refractivity contribution in [3.8, 4) is 11.5 Å². The van der Waals surface area contributed by atoms with Crippen LogP contribution in [0, 0.1) is 0 Å². The number of halogens is 1. The highest BCUT2D eigenvalue weighted by Gasteiger charge is 2.11. The molecule has 25 heavy (non-hydrogen) atoms. The summed E-state index contributed by atoms with van der Waals surface area (Å²) >= 11 is 3.51. The van der Waals surface area contributed by atoms with E-state index in [1.165, 1.54) is 0 Å². The van der Waals surface area contributed by atoms with Crippen molar-refractivity contribution in [3.05, 3.63) is 58.1 Å². The normalized spacial score (nSPS) is 11.0. The number of ether oxygens (including phenoxy) is 2. The third-order valence-corrected chi connectivity index (χ3v) is 3.86. The molecule has 0 atom stereocenters. The number of hydrogen-bond donors (Lipinski definition) is 1. The average molecular weight is 403 g/mol. The third kappa shape index (κ3) is 4.13. The highest BCUT2D eigenvalue weighted by molar-refractivity contribution is 9.10. The van der Waals surface area contributed by atoms with Gasteiger partial charge in [0.1, 0.15) is 6.61 Å². The Labute approximate surface area is 152 Å². The minimum atomic E-state index is 0.102. The number of benzene rings is 2. The Hall–Kier alpha value is -2.94. The molecule has 9 heteroatoms. The van der Waals surface area contributed by atoms with Crippen molar-refractivity contribution in [2.45, 2.75) is 6.61 Å². The van der Waals surface area contributed by atoms with Gasteiger partial charge in [0.25, 0.3) is 5.95 Å². The summed E-state index contributed by atoms with van der Waals surface area (Å²) in [4.78, 5) is 1.13. The van der Waals surface area contributed by atoms with E-state index in [9.17, 15) is 0 Å². The number of nitrogen functional groups attached to an aromatic ring is 1. The second-order valence-electron chi connectivity index (χ2n) is 4.98. The zero-order valence-corrected chi connectivity index (χ0v) is 14.9. The van der Waals surface area contributed by atoms with E-state index in [0.29, 0.717) is 18.1 Å². The molecule has 0 radical (unpaired) electrons. The van der Waals surface area contributed by atoms with Gasteiger partial charge in [0.15, 0.2) is 11.5 Å². The van der Waals surface area contributed by atoms with Crippen molar-refractivity contribution in [2.75, 3.05) is 12.8 Å². The van der Waals surface area contributed by atoms with E-state index in [-0.39, 0.29) is 5.95 Å². The summed E-state index contributed by atoms with van der Waals surface area (Å²) < 4.78 is 12.1. The monoisotopic (exact) mass is 402 g/mol. The van der Waals surface area contributed by atoms with Crippen LogP contribution in [0.4, 0.5) is 5.95 Å². The summed E-state index contributed by atoms with van der Waals surface area (Å²) in [5.74, 6) is 1.30. The van der Waals surface area contributed by atoms with Gasteiger partial charge in [0.2, 0.25) is 0 Å². The number of rotatable bonds is 6. The molecule has 0 amide bonds. The number of nitrogens with two attached hydrogens (primary N) is 1. The lowest BCUT2D eigenvalue weighted by Gasteiger charge is -2.13. The number of aromatic nitrogens is 4. The summed E-state index contributed by atoms with van der Waals surface area (Å²) in [6, 6.07) is 13.5. The van der Waals surface area contributed by atoms with Gasteiger partial charge in [0, 0.05) is 0 Å². The fraction of sp³-hybridized carbons (Fsp3) is 0.125. The van der Waals surface area contributed by atoms with Crippen LogP contribution in [-0.2, 0) is 6.61 Å². The van der Waals surface area contributed by atoms with Gasteiger partial charge in [0.05, 0.1) is 17.8 Å². The molecule has 1 aromatic heterocycles. The number of anilines is 1. The first-order valence-electron chi connectivity index (χ1n) is 7.30. The van der Waals surface area contributed by atoms with E-state index in [0.717, 1.165) is 20.4 Å². The van der Waals surface area contributed by atoms with Crippen molar-refractivity contribution in [1.29, 1.82) is 0 Å². The first kappa shape index (κ1) is 16.9. The van der Waals surface area contributed by atoms with Gasteiger partial charge >= 0.3 is 0 Å². The van der Waals surface area contributed by atoms with E-state index in [2.05, 4.69) is 36.6 Å². The Morgan fingerprint density at radius 2 is 2.08 bits per heavy atom. The van der Waals surface area contributed by atoms with Crippen LogP contribution < -0.4 is 15.2 Å². The Morgan fingerprint density at radius 3 is 2.76 bits per heavy atom. The number of hydrogen-bond acceptors (Lipinski definition) is 7. The maximum Gasteiger partial charge on any atom is 0.263 e. The van der Waals surface area contributed by atoms with Crippen LogP contribution in [0.15, 0.2) is 52.0 Å². The maximum absolute atomic E-state index is 5.90. The molecule has 0 saturated heterocycles. The second kappa shape index (κ2) is 7.75. The van der Waals surface area contributed by atoms with Gasteiger partial charge in [-0.25, -0.2) is 0 Å². The Morgan fingerprint density at radius 1 is 1.28 bits per heavy atom. The quantitative estimate of drug-likeness (QED) is 0.635. The molecule has 0 fully saturated rings. The summed E-state index contributed by atoms with van der Waals surface area (Å²) in [5, 5.41) is 14.7. The minimum Gasteiger partial charge on any atom is -0.493 e. The molecular formula is C16H15BrN6O2. The lowest BCUT2D eigenvalue weighted by Crippen LogP contribution is -2.01. The van der Waals surface area contributed by atoms with Crippen LogP contribution in [0.25, 0.3) is 0 Å². The van der Waals surface area contributed by atoms with Crippen molar-refractivity contribution < 1.29 is 9.47 Å². The summed E-state index contributed by atoms with van der Waals surface area (Å²) in [7, 11) is 1.58. The molecule has 0 spiro atoms. The van der Waals surface area contributed by atoms with Gasteiger partial charge in [-0.05, 0) is 49.6 Å². The molecule has 0 aliphatic rings. The topological polar surface area (TPSA) is 100 Å². The SMILES string of the molecule is COc1cc(/C=N/n2nnnc2N)cc(Br)c1OCc1ccccc1. The molecule has 2 N–H and O–H groups in total. The van der Waals surface area contributed by atoms with Gasteiger partial charge in [-0.1, -0.05) is 40.2 Å². The Balaban J connectivity index is 1.81. The first-order valence-corrected chi connectivity index (χ1v) is 8.09. The molecule has 128 valence electrons. The first-order chi connectivity index (χ1) is 12.2. The predicted octanol–water partition coefficient (Wildman–Crippen LogP) is 2.49. The van der Waals surface area contributed by atoms with Crippen LogP contribution in [0.2, 0.25) is 0 Å². The Bertz CT molecular complexity index is 882. The molecule has 2 aromatic carbocycles. The summed E-state index contributed by atoms with van der Waals surface area (Å²) in [5.41, 5.74) is 7.40. The number of tetrazole rings is 1. The molecule has 8 nitrogen and oxygen atoms in total. The molecular weight excluding hydrogens is 388 g/mol. The zero-order chi connectivity index (χ0) is 17.6. The number of nitrogens with zero attached hydrogens (tertiary/aromatic N) is 5. The fourth-order valence-electron chi connectivity index (χ4n) is 2.08. The Kier molecular flexibility index (Phi) is 5.24. The van der Waals surface area contributed by atoms with Gasteiger partial charge in [-0.15, -0.1) is 0 Å². The summed E-state index contributed by atoms with van der Waals surface area (Å²) in [6.45, 7) is 0.435. The van der Waals surface area contributed by atoms with Crippen LogP contribution in [0.5, 0.6) is 11.5 Å². The third-order valence-electron chi connectivity index (χ3n) is 3.27. The lowest BCUT2D eigenvalue weighted by molar-refractivity contribution is 0.282. The molecule has 0 bridgehead atoms. The smallest absolute Gasteiger partial charge is 0.263 e. The van der Waals surface area contributed by atoms with Crippen LogP contribution in [0.3, 0.4) is 0 Å². The second-order valence-corrected chi connectivity index (χ2v) is 5.83. The van der Waals surface area contributed by atoms with Crippen molar-refractivity contribution >= 4 is 28.1 Å². The minimum absolute atomic E-state index is 0.102. The van der Waals surface area contributed by atoms with Crippen molar-refractivity contribution in [3.63, 3.8) is 0 Å². The van der Waals surface area contributed by atoms with E-state index in [4.69, 9.17) is 15.2 Å². The standard InChI is InChI=1S/C16H15BrN6O2/c1-24-14-8-12(9-19-23-16(18)20-21-22-23)7-13(17)15(14)25-10-11-5-3-2-4-6-11/h2-9H,10H2,1H3,(H2,18,20,22)/b19-9+. The number of methoxy groups -OCH3 is 1. The van der Waals surface area contributed by atoms with Crippen LogP contribution >= 0.6 is 15.9 Å². The van der Waals surface area contributed by atoms with E-state index >= 15 is 0 Å². The van der Waals surface area contributed by atoms with E-state index in [1.54, 1.807) is 19.4 Å². The largest absolute Gasteiger partial charge is 0.493 e. The molecule has 0 saturated carbocycles. The zero-order valence-electron chi connectivity index (χ0n) is 13.3. The average Bonchev–Trinajstić information content (AvgIpc) is 3.04. The van der Waals surface area contributed by atoms with Gasteiger partial charge < -0.3 is 15.2 Å². The molecule has 0 aliphatic heterocycles. The fourth-order valence-corrected chi connectivity index (χ4v) is 2.65. The van der Waals surface area contributed by atoms with Crippen molar-refractivity contribution in [1.82, 2.24) is 20.3 Å². The van der Waals surface area contributed by atoms with Crippen molar-refractivity contribution in [2.24, 2.45) is 5.10 Å². The van der Waals surface area contributed by atoms with Gasteiger partial charge in [-0.2, -0.15) is 5.10 Å².